The fraction of sp³-hybridized carbons (Fsp3) is 0. The van der Waals surface area contributed by atoms with Gasteiger partial charge in [0, 0.05) is 11.9 Å². The average Bonchev–Trinajstić information content (AvgIpc) is 2.93. The number of oxazole rings is 1. The number of aromatic nitrogens is 1. The topological polar surface area (TPSA) is 82.1 Å². The van der Waals surface area contributed by atoms with E-state index in [4.69, 9.17) is 4.42 Å². The highest BCUT2D eigenvalue weighted by molar-refractivity contribution is 5.80. The highest BCUT2D eigenvalue weighted by Crippen LogP contribution is 2.21. The van der Waals surface area contributed by atoms with E-state index in [2.05, 4.69) is 16.4 Å². The lowest BCUT2D eigenvalue weighted by Gasteiger charge is -2.00. The Kier molecular flexibility index (Phi) is 3.27. The summed E-state index contributed by atoms with van der Waals surface area (Å²) in [7, 11) is 0. The molecule has 1 heterocycles. The Hall–Kier alpha value is -3.26. The minimum Gasteiger partial charge on any atom is -0.508 e. The number of anilines is 1. The van der Waals surface area contributed by atoms with Gasteiger partial charge in [-0.05, 0) is 36.4 Å². The van der Waals surface area contributed by atoms with Crippen LogP contribution in [-0.4, -0.2) is 10.1 Å². The van der Waals surface area contributed by atoms with Crippen molar-refractivity contribution >= 4 is 22.4 Å². The Morgan fingerprint density at radius 3 is 2.67 bits per heavy atom. The molecule has 0 spiro atoms. The normalized spacial score (nSPS) is 11.3. The highest BCUT2D eigenvalue weighted by Gasteiger charge is 2.09. The summed E-state index contributed by atoms with van der Waals surface area (Å²) in [5.41, 5.74) is 2.38. The first-order valence-corrected chi connectivity index (χ1v) is 6.28. The molecule has 0 saturated carbocycles. The molecule has 0 aliphatic heterocycles. The second-order valence-corrected chi connectivity index (χ2v) is 4.35. The number of phenols is 1. The maximum atomic E-state index is 9.23. The van der Waals surface area contributed by atoms with E-state index in [0.717, 1.165) is 5.69 Å². The summed E-state index contributed by atoms with van der Waals surface area (Å²) >= 11 is 0. The van der Waals surface area contributed by atoms with Gasteiger partial charge in [-0.25, -0.2) is 4.98 Å². The zero-order valence-corrected chi connectivity index (χ0v) is 10.9. The van der Waals surface area contributed by atoms with Gasteiger partial charge in [-0.2, -0.15) is 5.26 Å². The Balaban J connectivity index is 1.89. The van der Waals surface area contributed by atoms with Crippen LogP contribution < -0.4 is 5.32 Å². The standard InChI is InChI=1S/C16H11N3O2/c17-9-11(10-18-12-5-7-13(20)8-6-12)16-19-14-3-1-2-4-15(14)21-16/h1-8,10,18,20H. The predicted molar refractivity (Wildman–Crippen MR) is 79.3 cm³/mol. The third-order valence-corrected chi connectivity index (χ3v) is 2.90. The third kappa shape index (κ3) is 2.69. The van der Waals surface area contributed by atoms with E-state index < -0.39 is 0 Å². The van der Waals surface area contributed by atoms with Crippen molar-refractivity contribution in [2.45, 2.75) is 0 Å². The second-order valence-electron chi connectivity index (χ2n) is 4.35. The van der Waals surface area contributed by atoms with Crippen molar-refractivity contribution in [3.63, 3.8) is 0 Å². The Morgan fingerprint density at radius 1 is 1.19 bits per heavy atom. The molecule has 0 aliphatic carbocycles. The fourth-order valence-electron chi connectivity index (χ4n) is 1.84. The summed E-state index contributed by atoms with van der Waals surface area (Å²) in [4.78, 5) is 4.27. The number of benzene rings is 2. The fourth-order valence-corrected chi connectivity index (χ4v) is 1.84. The minimum atomic E-state index is 0.184. The van der Waals surface area contributed by atoms with Gasteiger partial charge < -0.3 is 14.8 Å². The number of rotatable bonds is 3. The summed E-state index contributed by atoms with van der Waals surface area (Å²) in [6, 6.07) is 15.9. The van der Waals surface area contributed by atoms with Crippen LogP contribution in [0.15, 0.2) is 59.1 Å². The van der Waals surface area contributed by atoms with Crippen LogP contribution >= 0.6 is 0 Å². The molecule has 0 aliphatic rings. The molecule has 21 heavy (non-hydrogen) atoms. The van der Waals surface area contributed by atoms with Gasteiger partial charge in [0.15, 0.2) is 5.58 Å². The van der Waals surface area contributed by atoms with Crippen molar-refractivity contribution in [1.82, 2.24) is 4.98 Å². The zero-order chi connectivity index (χ0) is 14.7. The van der Waals surface area contributed by atoms with Crippen LogP contribution in [-0.2, 0) is 0 Å². The van der Waals surface area contributed by atoms with Gasteiger partial charge in [0.25, 0.3) is 0 Å². The van der Waals surface area contributed by atoms with Crippen LogP contribution in [0.25, 0.3) is 16.7 Å². The van der Waals surface area contributed by atoms with E-state index in [0.29, 0.717) is 16.7 Å². The van der Waals surface area contributed by atoms with Crippen LogP contribution in [0.3, 0.4) is 0 Å². The first-order chi connectivity index (χ1) is 10.3. The molecule has 2 aromatic carbocycles. The predicted octanol–water partition coefficient (Wildman–Crippen LogP) is 3.51. The van der Waals surface area contributed by atoms with Gasteiger partial charge in [0.1, 0.15) is 22.9 Å². The van der Waals surface area contributed by atoms with Crippen LogP contribution in [0.5, 0.6) is 5.75 Å². The Morgan fingerprint density at radius 2 is 1.95 bits per heavy atom. The maximum absolute atomic E-state index is 9.23. The lowest BCUT2D eigenvalue weighted by atomic mass is 10.3. The SMILES string of the molecule is N#CC(=CNc1ccc(O)cc1)c1nc2ccccc2o1. The smallest absolute Gasteiger partial charge is 0.239 e. The lowest BCUT2D eigenvalue weighted by Crippen LogP contribution is -1.90. The number of para-hydroxylation sites is 2. The summed E-state index contributed by atoms with van der Waals surface area (Å²) < 4.78 is 5.55. The molecule has 5 nitrogen and oxygen atoms in total. The molecule has 0 radical (unpaired) electrons. The molecule has 0 fully saturated rings. The third-order valence-electron chi connectivity index (χ3n) is 2.90. The quantitative estimate of drug-likeness (QED) is 0.565. The van der Waals surface area contributed by atoms with Crippen molar-refractivity contribution in [2.24, 2.45) is 0 Å². The summed E-state index contributed by atoms with van der Waals surface area (Å²) in [6.45, 7) is 0. The summed E-state index contributed by atoms with van der Waals surface area (Å²) in [6.07, 6.45) is 1.52. The largest absolute Gasteiger partial charge is 0.508 e. The van der Waals surface area contributed by atoms with E-state index in [9.17, 15) is 10.4 Å². The molecule has 0 unspecified atom stereocenters. The van der Waals surface area contributed by atoms with Gasteiger partial charge >= 0.3 is 0 Å². The molecule has 0 saturated heterocycles. The van der Waals surface area contributed by atoms with Crippen molar-refractivity contribution in [3.8, 4) is 11.8 Å². The summed E-state index contributed by atoms with van der Waals surface area (Å²) in [5.74, 6) is 0.453. The van der Waals surface area contributed by atoms with E-state index >= 15 is 0 Å². The number of hydrogen-bond acceptors (Lipinski definition) is 5. The van der Waals surface area contributed by atoms with E-state index in [1.54, 1.807) is 30.3 Å². The minimum absolute atomic E-state index is 0.184. The number of nitriles is 1. The van der Waals surface area contributed by atoms with Gasteiger partial charge in [0.05, 0.1) is 0 Å². The number of fused-ring (bicyclic) bond motifs is 1. The second kappa shape index (κ2) is 5.39. The van der Waals surface area contributed by atoms with Crippen LogP contribution in [0, 0.1) is 11.3 Å². The molecule has 102 valence electrons. The van der Waals surface area contributed by atoms with Crippen LogP contribution in [0.1, 0.15) is 5.89 Å². The number of hydrogen-bond donors (Lipinski definition) is 2. The number of phenolic OH excluding ortho intramolecular Hbond substituents is 1. The van der Waals surface area contributed by atoms with Crippen molar-refractivity contribution in [3.05, 3.63) is 60.6 Å². The maximum Gasteiger partial charge on any atom is 0.239 e. The molecule has 0 bridgehead atoms. The molecule has 2 N–H and O–H groups in total. The first-order valence-electron chi connectivity index (χ1n) is 6.28. The molecule has 3 rings (SSSR count). The highest BCUT2D eigenvalue weighted by atomic mass is 16.3. The average molecular weight is 277 g/mol. The monoisotopic (exact) mass is 277 g/mol. The van der Waals surface area contributed by atoms with Gasteiger partial charge in [-0.1, -0.05) is 12.1 Å². The number of aromatic hydroxyl groups is 1. The van der Waals surface area contributed by atoms with Gasteiger partial charge in [-0.3, -0.25) is 0 Å². The Labute approximate surface area is 120 Å². The molecule has 1 aromatic heterocycles. The molecule has 3 aromatic rings. The van der Waals surface area contributed by atoms with Crippen molar-refractivity contribution in [1.29, 1.82) is 5.26 Å². The number of allylic oxidation sites excluding steroid dienone is 1. The lowest BCUT2D eigenvalue weighted by molar-refractivity contribution is 0.475. The van der Waals surface area contributed by atoms with Crippen LogP contribution in [0.2, 0.25) is 0 Å². The molecule has 5 heteroatoms. The molecular weight excluding hydrogens is 266 g/mol. The zero-order valence-electron chi connectivity index (χ0n) is 10.9. The van der Waals surface area contributed by atoms with Crippen molar-refractivity contribution in [2.75, 3.05) is 5.32 Å². The van der Waals surface area contributed by atoms with E-state index in [1.165, 1.54) is 6.20 Å². The van der Waals surface area contributed by atoms with Crippen molar-refractivity contribution < 1.29 is 9.52 Å². The Bertz CT molecular complexity index is 809. The van der Waals surface area contributed by atoms with E-state index in [1.807, 2.05) is 18.2 Å². The number of nitrogens with zero attached hydrogens (tertiary/aromatic N) is 2. The molecular formula is C16H11N3O2. The molecule has 0 amide bonds. The molecule has 0 atom stereocenters. The first kappa shape index (κ1) is 12.8. The van der Waals surface area contributed by atoms with Gasteiger partial charge in [-0.15, -0.1) is 0 Å². The van der Waals surface area contributed by atoms with Gasteiger partial charge in [0.2, 0.25) is 5.89 Å². The summed E-state index contributed by atoms with van der Waals surface area (Å²) in [5, 5.41) is 21.4. The number of nitrogens with one attached hydrogen (secondary N) is 1. The van der Waals surface area contributed by atoms with Crippen LogP contribution in [0.4, 0.5) is 5.69 Å². The van der Waals surface area contributed by atoms with E-state index in [-0.39, 0.29) is 11.6 Å².